The molecular formula is C11H7F2N5OS. The highest BCUT2D eigenvalue weighted by atomic mass is 32.1. The molecule has 20 heavy (non-hydrogen) atoms. The molecule has 0 bridgehead atoms. The quantitative estimate of drug-likeness (QED) is 0.785. The lowest BCUT2D eigenvalue weighted by molar-refractivity contribution is 0.102. The number of fused-ring (bicyclic) bond motifs is 1. The fraction of sp³-hybridized carbons (Fsp3) is 0.0909. The number of amides is 1. The first-order chi connectivity index (χ1) is 9.54. The Morgan fingerprint density at radius 1 is 1.35 bits per heavy atom. The molecular weight excluding hydrogens is 288 g/mol. The fourth-order valence-corrected chi connectivity index (χ4v) is 2.35. The predicted molar refractivity (Wildman–Crippen MR) is 67.7 cm³/mol. The molecule has 0 saturated carbocycles. The lowest BCUT2D eigenvalue weighted by Crippen LogP contribution is -2.13. The number of carbonyl (C=O) groups excluding carboxylic acids is 1. The number of hydrogen-bond acceptors (Lipinski definition) is 5. The summed E-state index contributed by atoms with van der Waals surface area (Å²) in [6, 6.07) is 2.90. The summed E-state index contributed by atoms with van der Waals surface area (Å²) in [5.41, 5.74) is -0.112. The second kappa shape index (κ2) is 4.60. The Morgan fingerprint density at radius 3 is 2.85 bits per heavy atom. The van der Waals surface area contributed by atoms with Crippen LogP contribution in [0.5, 0.6) is 0 Å². The second-order valence-electron chi connectivity index (χ2n) is 3.93. The zero-order valence-electron chi connectivity index (χ0n) is 10.1. The van der Waals surface area contributed by atoms with E-state index >= 15 is 0 Å². The van der Waals surface area contributed by atoms with Gasteiger partial charge < -0.3 is 5.32 Å². The van der Waals surface area contributed by atoms with E-state index in [2.05, 4.69) is 20.6 Å². The molecule has 3 aromatic rings. The molecule has 0 fully saturated rings. The van der Waals surface area contributed by atoms with E-state index in [1.54, 1.807) is 6.92 Å². The zero-order chi connectivity index (χ0) is 14.3. The van der Waals surface area contributed by atoms with Crippen LogP contribution >= 0.6 is 11.3 Å². The number of nitrogens with one attached hydrogen (secondary N) is 1. The van der Waals surface area contributed by atoms with Crippen molar-refractivity contribution in [1.82, 2.24) is 19.8 Å². The molecule has 1 amide bonds. The summed E-state index contributed by atoms with van der Waals surface area (Å²) in [5, 5.41) is 14.1. The van der Waals surface area contributed by atoms with Gasteiger partial charge in [-0.3, -0.25) is 4.79 Å². The molecule has 0 spiro atoms. The number of carbonyl (C=O) groups is 1. The molecule has 1 aromatic carbocycles. The Balaban J connectivity index is 1.88. The number of nitrogens with zero attached hydrogens (tertiary/aromatic N) is 4. The first-order valence-electron chi connectivity index (χ1n) is 5.50. The Morgan fingerprint density at radius 2 is 2.15 bits per heavy atom. The predicted octanol–water partition coefficient (Wildman–Crippen LogP) is 2.02. The minimum atomic E-state index is -0.850. The summed E-state index contributed by atoms with van der Waals surface area (Å²) in [4.78, 5) is 12.4. The Hall–Kier alpha value is -2.42. The summed E-state index contributed by atoms with van der Waals surface area (Å²) < 4.78 is 27.6. The summed E-state index contributed by atoms with van der Waals surface area (Å²) in [7, 11) is 0. The van der Waals surface area contributed by atoms with Crippen LogP contribution < -0.4 is 5.32 Å². The van der Waals surface area contributed by atoms with Gasteiger partial charge in [-0.2, -0.15) is 4.52 Å². The first-order valence-corrected chi connectivity index (χ1v) is 6.31. The van der Waals surface area contributed by atoms with Gasteiger partial charge >= 0.3 is 0 Å². The first kappa shape index (κ1) is 12.6. The highest BCUT2D eigenvalue weighted by Crippen LogP contribution is 2.18. The summed E-state index contributed by atoms with van der Waals surface area (Å²) in [6.45, 7) is 1.70. The number of halogens is 2. The molecule has 1 N–H and O–H groups in total. The average molecular weight is 295 g/mol. The second-order valence-corrected chi connectivity index (χ2v) is 4.88. The maximum atomic E-state index is 13.4. The Labute approximate surface area is 115 Å². The van der Waals surface area contributed by atoms with Crippen molar-refractivity contribution in [2.45, 2.75) is 6.92 Å². The minimum absolute atomic E-state index is 0.112. The monoisotopic (exact) mass is 295 g/mol. The van der Waals surface area contributed by atoms with Gasteiger partial charge in [0.25, 0.3) is 5.91 Å². The third-order valence-corrected chi connectivity index (χ3v) is 3.42. The van der Waals surface area contributed by atoms with Crippen LogP contribution in [0.2, 0.25) is 0 Å². The van der Waals surface area contributed by atoms with Crippen molar-refractivity contribution in [2.75, 3.05) is 5.32 Å². The van der Waals surface area contributed by atoms with E-state index in [-0.39, 0.29) is 10.7 Å². The average Bonchev–Trinajstić information content (AvgIpc) is 2.96. The number of aromatic nitrogens is 4. The molecule has 0 radical (unpaired) electrons. The third-order valence-electron chi connectivity index (χ3n) is 2.52. The minimum Gasteiger partial charge on any atom is -0.317 e. The van der Waals surface area contributed by atoms with Crippen molar-refractivity contribution in [3.63, 3.8) is 0 Å². The molecule has 3 rings (SSSR count). The smallest absolute Gasteiger partial charge is 0.286 e. The Bertz CT molecular complexity index is 812. The van der Waals surface area contributed by atoms with Crippen molar-refractivity contribution in [3.05, 3.63) is 40.7 Å². The highest BCUT2D eigenvalue weighted by molar-refractivity contribution is 7.18. The van der Waals surface area contributed by atoms with Gasteiger partial charge in [0, 0.05) is 6.07 Å². The van der Waals surface area contributed by atoms with E-state index in [1.165, 1.54) is 4.52 Å². The van der Waals surface area contributed by atoms with E-state index in [0.29, 0.717) is 16.9 Å². The van der Waals surface area contributed by atoms with Gasteiger partial charge in [0.2, 0.25) is 9.97 Å². The van der Waals surface area contributed by atoms with Gasteiger partial charge in [-0.25, -0.2) is 8.78 Å². The molecule has 0 atom stereocenters. The molecule has 6 nitrogen and oxygen atoms in total. The van der Waals surface area contributed by atoms with Crippen molar-refractivity contribution in [2.24, 2.45) is 0 Å². The van der Waals surface area contributed by atoms with Crippen LogP contribution in [0.1, 0.15) is 15.6 Å². The van der Waals surface area contributed by atoms with E-state index in [9.17, 15) is 13.6 Å². The van der Waals surface area contributed by atoms with Gasteiger partial charge in [0.1, 0.15) is 11.6 Å². The molecule has 0 unspecified atom stereocenters. The van der Waals surface area contributed by atoms with Crippen LogP contribution in [-0.4, -0.2) is 25.7 Å². The van der Waals surface area contributed by atoms with Crippen LogP contribution in [0, 0.1) is 18.6 Å². The molecule has 0 aliphatic rings. The third kappa shape index (κ3) is 2.11. The Kier molecular flexibility index (Phi) is 2.90. The molecule has 0 aliphatic carbocycles. The van der Waals surface area contributed by atoms with Crippen LogP contribution in [0.3, 0.4) is 0 Å². The van der Waals surface area contributed by atoms with Gasteiger partial charge in [-0.1, -0.05) is 11.3 Å². The van der Waals surface area contributed by atoms with Crippen LogP contribution in [-0.2, 0) is 0 Å². The van der Waals surface area contributed by atoms with Crippen LogP contribution in [0.4, 0.5) is 14.5 Å². The lowest BCUT2D eigenvalue weighted by Gasteiger charge is -2.03. The van der Waals surface area contributed by atoms with Gasteiger partial charge in [0.05, 0.1) is 5.69 Å². The fourth-order valence-electron chi connectivity index (χ4n) is 1.57. The molecule has 102 valence electrons. The number of hydrogen-bond donors (Lipinski definition) is 1. The largest absolute Gasteiger partial charge is 0.317 e. The summed E-state index contributed by atoms with van der Waals surface area (Å²) in [5.74, 6) is -1.61. The maximum Gasteiger partial charge on any atom is 0.286 e. The number of anilines is 1. The standard InChI is InChI=1S/C11H7F2N5OS/c1-5-15-16-11-18(5)17-10(20-11)9(19)14-8-3-2-6(12)4-7(8)13/h2-4H,1H3,(H,14,19). The normalized spacial score (nSPS) is 10.9. The van der Waals surface area contributed by atoms with E-state index in [4.69, 9.17) is 0 Å². The SMILES string of the molecule is Cc1nnc2sc(C(=O)Nc3ccc(F)cc3F)nn12. The molecule has 0 aliphatic heterocycles. The van der Waals surface area contributed by atoms with Gasteiger partial charge in [-0.05, 0) is 19.1 Å². The lowest BCUT2D eigenvalue weighted by atomic mass is 10.3. The summed E-state index contributed by atoms with van der Waals surface area (Å²) in [6.07, 6.45) is 0. The van der Waals surface area contributed by atoms with Crippen LogP contribution in [0.15, 0.2) is 18.2 Å². The van der Waals surface area contributed by atoms with Crippen LogP contribution in [0.25, 0.3) is 4.96 Å². The topological polar surface area (TPSA) is 72.2 Å². The van der Waals surface area contributed by atoms with Crippen molar-refractivity contribution in [1.29, 1.82) is 0 Å². The van der Waals surface area contributed by atoms with Gasteiger partial charge in [-0.15, -0.1) is 15.3 Å². The summed E-state index contributed by atoms with van der Waals surface area (Å²) >= 11 is 1.02. The zero-order valence-corrected chi connectivity index (χ0v) is 10.9. The highest BCUT2D eigenvalue weighted by Gasteiger charge is 2.17. The molecule has 9 heteroatoms. The van der Waals surface area contributed by atoms with E-state index in [0.717, 1.165) is 23.5 Å². The van der Waals surface area contributed by atoms with Crippen molar-refractivity contribution >= 4 is 27.9 Å². The molecule has 2 aromatic heterocycles. The van der Waals surface area contributed by atoms with Crippen molar-refractivity contribution < 1.29 is 13.6 Å². The van der Waals surface area contributed by atoms with Gasteiger partial charge in [0.15, 0.2) is 5.82 Å². The molecule has 0 saturated heterocycles. The number of benzene rings is 1. The molecule has 2 heterocycles. The van der Waals surface area contributed by atoms with E-state index < -0.39 is 17.5 Å². The number of aryl methyl sites for hydroxylation is 1. The van der Waals surface area contributed by atoms with E-state index in [1.807, 2.05) is 0 Å². The number of rotatable bonds is 2. The van der Waals surface area contributed by atoms with Crippen molar-refractivity contribution in [3.8, 4) is 0 Å². The maximum absolute atomic E-state index is 13.4.